The number of sulfonamides is 1. The van der Waals surface area contributed by atoms with Crippen LogP contribution in [0.2, 0.25) is 0 Å². The summed E-state index contributed by atoms with van der Waals surface area (Å²) in [7, 11) is -2.41. The van der Waals surface area contributed by atoms with E-state index in [0.29, 0.717) is 5.75 Å². The lowest BCUT2D eigenvalue weighted by atomic mass is 9.99. The van der Waals surface area contributed by atoms with E-state index in [1.165, 1.54) is 24.3 Å². The van der Waals surface area contributed by atoms with Crippen LogP contribution < -0.4 is 9.46 Å². The second-order valence-corrected chi connectivity index (χ2v) is 8.59. The first-order valence-electron chi connectivity index (χ1n) is 9.36. The van der Waals surface area contributed by atoms with Gasteiger partial charge in [0.05, 0.1) is 23.0 Å². The molecule has 2 N–H and O–H groups in total. The molecule has 0 radical (unpaired) electrons. The molecule has 1 atom stereocenters. The molecule has 4 aromatic rings. The minimum Gasteiger partial charge on any atom is -0.497 e. The van der Waals surface area contributed by atoms with Gasteiger partial charge in [-0.25, -0.2) is 8.42 Å². The second-order valence-electron chi connectivity index (χ2n) is 6.87. The molecule has 0 saturated carbocycles. The Morgan fingerprint density at radius 3 is 2.39 bits per heavy atom. The third kappa shape index (κ3) is 4.14. The van der Waals surface area contributed by atoms with Crippen LogP contribution in [0.4, 0.5) is 5.69 Å². The van der Waals surface area contributed by atoms with Gasteiger partial charge in [0.25, 0.3) is 5.69 Å². The van der Waals surface area contributed by atoms with E-state index in [0.717, 1.165) is 22.0 Å². The molecular weight excluding hydrogens is 418 g/mol. The SMILES string of the molecule is COc1ccc2[nH]cc([C@@H](NS(=O)(=O)c3ccc([N+](=O)[O-])cc3)c3ccccc3)c2c1. The first-order valence-corrected chi connectivity index (χ1v) is 10.8. The predicted molar refractivity (Wildman–Crippen MR) is 117 cm³/mol. The zero-order chi connectivity index (χ0) is 22.0. The largest absolute Gasteiger partial charge is 0.497 e. The Kier molecular flexibility index (Phi) is 5.45. The molecule has 0 spiro atoms. The van der Waals surface area contributed by atoms with Gasteiger partial charge in [0.2, 0.25) is 10.0 Å². The van der Waals surface area contributed by atoms with Crippen molar-refractivity contribution in [3.8, 4) is 5.75 Å². The fraction of sp³-hybridized carbons (Fsp3) is 0.0909. The van der Waals surface area contributed by atoms with Crippen molar-refractivity contribution in [2.24, 2.45) is 0 Å². The van der Waals surface area contributed by atoms with Crippen LogP contribution in [0.1, 0.15) is 17.2 Å². The molecule has 1 heterocycles. The molecule has 8 nitrogen and oxygen atoms in total. The molecule has 158 valence electrons. The number of nitro groups is 1. The fourth-order valence-corrected chi connectivity index (χ4v) is 4.62. The molecule has 0 aliphatic carbocycles. The lowest BCUT2D eigenvalue weighted by molar-refractivity contribution is -0.384. The van der Waals surface area contributed by atoms with Gasteiger partial charge in [-0.3, -0.25) is 10.1 Å². The summed E-state index contributed by atoms with van der Waals surface area (Å²) in [6.07, 6.45) is 1.76. The van der Waals surface area contributed by atoms with Crippen molar-refractivity contribution in [3.63, 3.8) is 0 Å². The number of aromatic nitrogens is 1. The van der Waals surface area contributed by atoms with Crippen LogP contribution in [-0.4, -0.2) is 25.4 Å². The Bertz CT molecular complexity index is 1330. The van der Waals surface area contributed by atoms with Crippen LogP contribution in [0.3, 0.4) is 0 Å². The van der Waals surface area contributed by atoms with Gasteiger partial charge in [0.15, 0.2) is 0 Å². The molecule has 0 aliphatic rings. The monoisotopic (exact) mass is 437 g/mol. The van der Waals surface area contributed by atoms with Gasteiger partial charge >= 0.3 is 0 Å². The summed E-state index contributed by atoms with van der Waals surface area (Å²) in [6, 6.07) is 18.8. The van der Waals surface area contributed by atoms with Crippen molar-refractivity contribution >= 4 is 26.6 Å². The van der Waals surface area contributed by atoms with Gasteiger partial charge < -0.3 is 9.72 Å². The molecule has 0 aliphatic heterocycles. The van der Waals surface area contributed by atoms with Gasteiger partial charge in [-0.15, -0.1) is 0 Å². The molecule has 31 heavy (non-hydrogen) atoms. The van der Waals surface area contributed by atoms with Crippen molar-refractivity contribution in [2.75, 3.05) is 7.11 Å². The number of fused-ring (bicyclic) bond motifs is 1. The number of benzene rings is 3. The molecule has 1 aromatic heterocycles. The molecule has 0 amide bonds. The highest BCUT2D eigenvalue weighted by molar-refractivity contribution is 7.89. The average molecular weight is 437 g/mol. The van der Waals surface area contributed by atoms with Crippen LogP contribution in [-0.2, 0) is 10.0 Å². The lowest BCUT2D eigenvalue weighted by Crippen LogP contribution is -2.29. The van der Waals surface area contributed by atoms with Crippen molar-refractivity contribution < 1.29 is 18.1 Å². The first kappa shape index (κ1) is 20.6. The van der Waals surface area contributed by atoms with Crippen molar-refractivity contribution in [1.29, 1.82) is 0 Å². The summed E-state index contributed by atoms with van der Waals surface area (Å²) >= 11 is 0. The quantitative estimate of drug-likeness (QED) is 0.333. The fourth-order valence-electron chi connectivity index (χ4n) is 3.41. The Labute approximate surface area is 178 Å². The van der Waals surface area contributed by atoms with Crippen LogP contribution in [0.5, 0.6) is 5.75 Å². The molecule has 0 unspecified atom stereocenters. The number of methoxy groups -OCH3 is 1. The third-order valence-corrected chi connectivity index (χ3v) is 6.43. The van der Waals surface area contributed by atoms with E-state index in [1.54, 1.807) is 13.3 Å². The van der Waals surface area contributed by atoms with Gasteiger partial charge in [0.1, 0.15) is 5.75 Å². The van der Waals surface area contributed by atoms with E-state index in [4.69, 9.17) is 4.74 Å². The Morgan fingerprint density at radius 1 is 1.03 bits per heavy atom. The molecule has 9 heteroatoms. The highest BCUT2D eigenvalue weighted by Crippen LogP contribution is 2.32. The highest BCUT2D eigenvalue weighted by Gasteiger charge is 2.25. The molecule has 0 bridgehead atoms. The summed E-state index contributed by atoms with van der Waals surface area (Å²) in [6.45, 7) is 0. The third-order valence-electron chi connectivity index (χ3n) is 5.00. The Morgan fingerprint density at radius 2 is 1.74 bits per heavy atom. The number of rotatable bonds is 7. The van der Waals surface area contributed by atoms with Crippen LogP contribution in [0.15, 0.2) is 83.9 Å². The maximum Gasteiger partial charge on any atom is 0.269 e. The number of hydrogen-bond donors (Lipinski definition) is 2. The molecular formula is C22H19N3O5S. The number of nitrogens with zero attached hydrogens (tertiary/aromatic N) is 1. The number of non-ortho nitro benzene ring substituents is 1. The molecule has 0 saturated heterocycles. The number of ether oxygens (including phenoxy) is 1. The zero-order valence-electron chi connectivity index (χ0n) is 16.5. The topological polar surface area (TPSA) is 114 Å². The number of nitrogens with one attached hydrogen (secondary N) is 2. The molecule has 4 rings (SSSR count). The maximum atomic E-state index is 13.1. The van der Waals surface area contributed by atoms with E-state index < -0.39 is 21.0 Å². The normalized spacial score (nSPS) is 12.5. The zero-order valence-corrected chi connectivity index (χ0v) is 17.3. The Balaban J connectivity index is 1.79. The second kappa shape index (κ2) is 8.21. The van der Waals surface area contributed by atoms with Gasteiger partial charge in [-0.1, -0.05) is 30.3 Å². The van der Waals surface area contributed by atoms with E-state index in [-0.39, 0.29) is 10.6 Å². The summed E-state index contributed by atoms with van der Waals surface area (Å²) < 4.78 is 34.3. The van der Waals surface area contributed by atoms with Gasteiger partial charge in [-0.05, 0) is 41.5 Å². The standard InChI is InChI=1S/C22H19N3O5S/c1-30-17-9-12-21-19(13-17)20(14-23-21)22(15-5-3-2-4-6-15)24-31(28,29)18-10-7-16(8-11-18)25(26)27/h2-14,22-24H,1H3/t22-/m0/s1. The van der Waals surface area contributed by atoms with E-state index in [1.807, 2.05) is 48.5 Å². The highest BCUT2D eigenvalue weighted by atomic mass is 32.2. The maximum absolute atomic E-state index is 13.1. The van der Waals surface area contributed by atoms with Crippen molar-refractivity contribution in [3.05, 3.63) is 100 Å². The van der Waals surface area contributed by atoms with E-state index >= 15 is 0 Å². The lowest BCUT2D eigenvalue weighted by Gasteiger charge is -2.19. The van der Waals surface area contributed by atoms with Gasteiger partial charge in [-0.2, -0.15) is 4.72 Å². The molecule has 3 aromatic carbocycles. The van der Waals surface area contributed by atoms with Crippen LogP contribution in [0.25, 0.3) is 10.9 Å². The predicted octanol–water partition coefficient (Wildman–Crippen LogP) is 4.15. The Hall–Kier alpha value is -3.69. The summed E-state index contributed by atoms with van der Waals surface area (Å²) in [5.41, 5.74) is 2.14. The summed E-state index contributed by atoms with van der Waals surface area (Å²) in [4.78, 5) is 13.4. The summed E-state index contributed by atoms with van der Waals surface area (Å²) in [5.74, 6) is 0.651. The summed E-state index contributed by atoms with van der Waals surface area (Å²) in [5, 5.41) is 11.7. The van der Waals surface area contributed by atoms with Crippen molar-refractivity contribution in [2.45, 2.75) is 10.9 Å². The number of hydrogen-bond acceptors (Lipinski definition) is 5. The molecule has 0 fully saturated rings. The smallest absolute Gasteiger partial charge is 0.269 e. The van der Waals surface area contributed by atoms with E-state index in [9.17, 15) is 18.5 Å². The number of nitro benzene ring substituents is 1. The van der Waals surface area contributed by atoms with Gasteiger partial charge in [0, 0.05) is 29.2 Å². The van der Waals surface area contributed by atoms with Crippen LogP contribution >= 0.6 is 0 Å². The minimum atomic E-state index is -3.98. The number of aromatic amines is 1. The van der Waals surface area contributed by atoms with Crippen molar-refractivity contribution in [1.82, 2.24) is 9.71 Å². The first-order chi connectivity index (χ1) is 14.9. The minimum absolute atomic E-state index is 0.0588. The van der Waals surface area contributed by atoms with E-state index in [2.05, 4.69) is 9.71 Å². The van der Waals surface area contributed by atoms with Crippen LogP contribution in [0, 0.1) is 10.1 Å². The average Bonchev–Trinajstić information content (AvgIpc) is 3.21. The number of H-pyrrole nitrogens is 1.